The van der Waals surface area contributed by atoms with E-state index in [1.165, 1.54) is 0 Å². The second-order valence-corrected chi connectivity index (χ2v) is 18.4. The standard InChI is InChI=1S/C5H14AsOS/c1-6(2,3)8-5-4-7/h7H,4-5H2,1-3H3/q+1. The van der Waals surface area contributed by atoms with E-state index < -0.39 is 12.4 Å². The van der Waals surface area contributed by atoms with E-state index in [0.29, 0.717) is 6.61 Å². The van der Waals surface area contributed by atoms with E-state index in [1.807, 2.05) is 10.0 Å². The van der Waals surface area contributed by atoms with Crippen molar-refractivity contribution >= 4 is 22.4 Å². The van der Waals surface area contributed by atoms with E-state index in [9.17, 15) is 0 Å². The number of aliphatic hydroxyl groups is 1. The fourth-order valence-corrected chi connectivity index (χ4v) is 4.91. The van der Waals surface area contributed by atoms with Crippen molar-refractivity contribution in [3.63, 3.8) is 0 Å². The summed E-state index contributed by atoms with van der Waals surface area (Å²) in [6, 6.07) is 0. The maximum atomic E-state index is 8.44. The molecule has 0 rings (SSSR count). The first kappa shape index (κ1) is 8.87. The predicted molar refractivity (Wildman–Crippen MR) is 42.9 cm³/mol. The Hall–Kier alpha value is 0.868. The Kier molecular flexibility index (Phi) is 4.23. The topological polar surface area (TPSA) is 20.2 Å². The van der Waals surface area contributed by atoms with Gasteiger partial charge in [-0.3, -0.25) is 0 Å². The van der Waals surface area contributed by atoms with Gasteiger partial charge in [0.2, 0.25) is 0 Å². The van der Waals surface area contributed by atoms with Crippen LogP contribution < -0.4 is 0 Å². The Morgan fingerprint density at radius 3 is 2.00 bits per heavy atom. The summed E-state index contributed by atoms with van der Waals surface area (Å²) in [5.74, 6) is 0.927. The second-order valence-electron chi connectivity index (χ2n) is 2.45. The van der Waals surface area contributed by atoms with Crippen LogP contribution in [-0.4, -0.2) is 29.9 Å². The van der Waals surface area contributed by atoms with E-state index in [0.717, 1.165) is 5.75 Å². The minimum atomic E-state index is -1.21. The van der Waals surface area contributed by atoms with E-state index in [4.69, 9.17) is 5.11 Å². The number of hydrogen-bond donors (Lipinski definition) is 1. The zero-order valence-electron chi connectivity index (χ0n) is 5.72. The van der Waals surface area contributed by atoms with Crippen molar-refractivity contribution < 1.29 is 5.11 Å². The molecule has 50 valence electrons. The molecule has 0 spiro atoms. The molecule has 0 amide bonds. The van der Waals surface area contributed by atoms with Crippen molar-refractivity contribution in [1.82, 2.24) is 0 Å². The Morgan fingerprint density at radius 1 is 1.38 bits per heavy atom. The Bertz CT molecular complexity index is 59.9. The van der Waals surface area contributed by atoms with Crippen LogP contribution in [0, 0.1) is 0 Å². The predicted octanol–water partition coefficient (Wildman–Crippen LogP) is 1.55. The molecule has 0 bridgehead atoms. The first-order valence-corrected chi connectivity index (χ1v) is 11.5. The molecule has 0 unspecified atom stereocenters. The van der Waals surface area contributed by atoms with Crippen molar-refractivity contribution in [3.8, 4) is 0 Å². The molecule has 0 saturated heterocycles. The van der Waals surface area contributed by atoms with Gasteiger partial charge < -0.3 is 0 Å². The van der Waals surface area contributed by atoms with Gasteiger partial charge in [-0.25, -0.2) is 0 Å². The average Bonchev–Trinajstić information content (AvgIpc) is 1.59. The maximum absolute atomic E-state index is 8.44. The van der Waals surface area contributed by atoms with Gasteiger partial charge in [-0.15, -0.1) is 0 Å². The molecule has 0 saturated carbocycles. The third-order valence-electron chi connectivity index (χ3n) is 0.570. The molecule has 3 heteroatoms. The fourth-order valence-electron chi connectivity index (χ4n) is 0.315. The van der Waals surface area contributed by atoms with Crippen molar-refractivity contribution in [2.45, 2.75) is 17.1 Å². The summed E-state index contributed by atoms with van der Waals surface area (Å²) in [5.41, 5.74) is 6.95. The molecular formula is C5H14AsOS+. The van der Waals surface area contributed by atoms with E-state index in [1.54, 1.807) is 0 Å². The van der Waals surface area contributed by atoms with Gasteiger partial charge in [0, 0.05) is 0 Å². The summed E-state index contributed by atoms with van der Waals surface area (Å²) in [6.45, 7) is 0.337. The summed E-state index contributed by atoms with van der Waals surface area (Å²) >= 11 is -1.21. The fraction of sp³-hybridized carbons (Fsp3) is 1.00. The Balaban J connectivity index is 3.11. The summed E-state index contributed by atoms with van der Waals surface area (Å²) in [5, 5.41) is 8.44. The molecule has 1 N–H and O–H groups in total. The summed E-state index contributed by atoms with van der Waals surface area (Å²) in [7, 11) is 1.96. The van der Waals surface area contributed by atoms with Gasteiger partial charge in [-0.2, -0.15) is 0 Å². The minimum absolute atomic E-state index is 0.337. The first-order valence-electron chi connectivity index (χ1n) is 2.63. The second kappa shape index (κ2) is 3.81. The average molecular weight is 197 g/mol. The van der Waals surface area contributed by atoms with Gasteiger partial charge in [0.25, 0.3) is 0 Å². The first-order chi connectivity index (χ1) is 3.56. The third-order valence-corrected chi connectivity index (χ3v) is 7.73. The van der Waals surface area contributed by atoms with Crippen LogP contribution in [0.2, 0.25) is 17.1 Å². The molecular weight excluding hydrogens is 183 g/mol. The van der Waals surface area contributed by atoms with Gasteiger partial charge in [-0.05, 0) is 0 Å². The molecule has 0 fully saturated rings. The van der Waals surface area contributed by atoms with Gasteiger partial charge in [-0.1, -0.05) is 0 Å². The van der Waals surface area contributed by atoms with Crippen LogP contribution in [0.3, 0.4) is 0 Å². The van der Waals surface area contributed by atoms with Crippen LogP contribution >= 0.6 is 10.0 Å². The van der Waals surface area contributed by atoms with Crippen molar-refractivity contribution in [3.05, 3.63) is 0 Å². The summed E-state index contributed by atoms with van der Waals surface area (Å²) in [6.07, 6.45) is 0. The van der Waals surface area contributed by atoms with Crippen molar-refractivity contribution in [1.29, 1.82) is 0 Å². The molecule has 0 aliphatic rings. The van der Waals surface area contributed by atoms with Crippen LogP contribution in [0.1, 0.15) is 0 Å². The van der Waals surface area contributed by atoms with Gasteiger partial charge in [0.15, 0.2) is 0 Å². The molecule has 0 aromatic heterocycles. The van der Waals surface area contributed by atoms with E-state index >= 15 is 0 Å². The number of aliphatic hydroxyl groups excluding tert-OH is 1. The zero-order valence-corrected chi connectivity index (χ0v) is 8.41. The van der Waals surface area contributed by atoms with Crippen LogP contribution in [0.15, 0.2) is 0 Å². The third kappa shape index (κ3) is 6.87. The van der Waals surface area contributed by atoms with Crippen LogP contribution in [0.5, 0.6) is 0 Å². The molecule has 0 aliphatic heterocycles. The van der Waals surface area contributed by atoms with E-state index in [-0.39, 0.29) is 0 Å². The number of hydrogen-bond acceptors (Lipinski definition) is 2. The van der Waals surface area contributed by atoms with E-state index in [2.05, 4.69) is 17.1 Å². The van der Waals surface area contributed by atoms with Gasteiger partial charge in [0.05, 0.1) is 0 Å². The molecule has 0 aromatic rings. The molecule has 8 heavy (non-hydrogen) atoms. The molecule has 0 atom stereocenters. The summed E-state index contributed by atoms with van der Waals surface area (Å²) in [4.78, 5) is 0. The SMILES string of the molecule is C[As+](C)(C)SCCO. The molecule has 0 aromatic carbocycles. The molecule has 0 heterocycles. The monoisotopic (exact) mass is 197 g/mol. The molecule has 0 aliphatic carbocycles. The Labute approximate surface area is 57.3 Å². The normalized spacial score (nSPS) is 12.0. The van der Waals surface area contributed by atoms with Crippen molar-refractivity contribution in [2.24, 2.45) is 0 Å². The quantitative estimate of drug-likeness (QED) is 0.692. The number of rotatable bonds is 3. The zero-order chi connectivity index (χ0) is 6.62. The van der Waals surface area contributed by atoms with Gasteiger partial charge in [0.1, 0.15) is 0 Å². The molecule has 0 radical (unpaired) electrons. The van der Waals surface area contributed by atoms with Crippen LogP contribution in [-0.2, 0) is 0 Å². The van der Waals surface area contributed by atoms with Crippen molar-refractivity contribution in [2.75, 3.05) is 12.4 Å². The van der Waals surface area contributed by atoms with Crippen LogP contribution in [0.25, 0.3) is 0 Å². The molecule has 1 nitrogen and oxygen atoms in total. The van der Waals surface area contributed by atoms with Crippen LogP contribution in [0.4, 0.5) is 0 Å². The summed E-state index contributed by atoms with van der Waals surface area (Å²) < 4.78 is 0. The Morgan fingerprint density at radius 2 is 1.88 bits per heavy atom. The van der Waals surface area contributed by atoms with Gasteiger partial charge >= 0.3 is 57.0 Å².